The zero-order valence-corrected chi connectivity index (χ0v) is 20.2. The fourth-order valence-corrected chi connectivity index (χ4v) is 6.42. The summed E-state index contributed by atoms with van der Waals surface area (Å²) >= 11 is 12.2. The monoisotopic (exact) mass is 496 g/mol. The molecule has 1 amide bonds. The van der Waals surface area contributed by atoms with Crippen molar-refractivity contribution in [2.24, 2.45) is 5.92 Å². The number of hydrogen-bond donors (Lipinski definition) is 0. The van der Waals surface area contributed by atoms with Gasteiger partial charge in [-0.15, -0.1) is 0 Å². The SMILES string of the molecule is CC1CCCN(S(=O)(=O)c2cc(C(=O)N3CCN(c4ccc(Cl)cn4)CC3)ccc2Cl)C1. The fraction of sp³-hybridized carbons (Fsp3) is 0.455. The number of aromatic nitrogens is 1. The number of carbonyl (C=O) groups is 1. The van der Waals surface area contributed by atoms with E-state index in [0.717, 1.165) is 18.7 Å². The average molecular weight is 497 g/mol. The van der Waals surface area contributed by atoms with E-state index in [-0.39, 0.29) is 15.8 Å². The average Bonchev–Trinajstić information content (AvgIpc) is 2.79. The van der Waals surface area contributed by atoms with Gasteiger partial charge in [-0.05, 0) is 49.1 Å². The van der Waals surface area contributed by atoms with E-state index in [4.69, 9.17) is 23.2 Å². The lowest BCUT2D eigenvalue weighted by atomic mass is 10.0. The van der Waals surface area contributed by atoms with Gasteiger partial charge in [0.15, 0.2) is 0 Å². The van der Waals surface area contributed by atoms with Gasteiger partial charge in [0.1, 0.15) is 10.7 Å². The molecule has 1 unspecified atom stereocenters. The highest BCUT2D eigenvalue weighted by Gasteiger charge is 2.31. The second-order valence-electron chi connectivity index (χ2n) is 8.37. The molecule has 0 N–H and O–H groups in total. The lowest BCUT2D eigenvalue weighted by Gasteiger charge is -2.35. The van der Waals surface area contributed by atoms with E-state index in [1.54, 1.807) is 23.2 Å². The largest absolute Gasteiger partial charge is 0.353 e. The summed E-state index contributed by atoms with van der Waals surface area (Å²) in [6.45, 7) is 5.27. The molecule has 2 fully saturated rings. The van der Waals surface area contributed by atoms with E-state index < -0.39 is 10.0 Å². The van der Waals surface area contributed by atoms with E-state index in [2.05, 4.69) is 9.88 Å². The number of sulfonamides is 1. The minimum absolute atomic E-state index is 0.00289. The van der Waals surface area contributed by atoms with Crippen LogP contribution in [-0.2, 0) is 10.0 Å². The first kappa shape index (κ1) is 23.3. The molecule has 172 valence electrons. The number of anilines is 1. The first-order valence-electron chi connectivity index (χ1n) is 10.7. The van der Waals surface area contributed by atoms with Crippen LogP contribution in [0.25, 0.3) is 0 Å². The Kier molecular flexibility index (Phi) is 6.95. The molecule has 2 saturated heterocycles. The van der Waals surface area contributed by atoms with Gasteiger partial charge in [-0.3, -0.25) is 4.79 Å². The van der Waals surface area contributed by atoms with Crippen LogP contribution in [0.2, 0.25) is 10.0 Å². The molecule has 2 aliphatic heterocycles. The number of carbonyl (C=O) groups excluding carboxylic acids is 1. The van der Waals surface area contributed by atoms with Crippen LogP contribution in [0.5, 0.6) is 0 Å². The standard InChI is InChI=1S/C22H26Cl2N4O3S/c1-16-3-2-8-28(15-16)32(30,31)20-13-17(4-6-19(20)24)22(29)27-11-9-26(10-12-27)21-7-5-18(23)14-25-21/h4-7,13-14,16H,2-3,8-12,15H2,1H3. The molecule has 1 atom stereocenters. The van der Waals surface area contributed by atoms with Crippen molar-refractivity contribution in [3.63, 3.8) is 0 Å². The zero-order chi connectivity index (χ0) is 22.9. The van der Waals surface area contributed by atoms with Gasteiger partial charge >= 0.3 is 0 Å². The van der Waals surface area contributed by atoms with E-state index in [1.165, 1.54) is 16.4 Å². The summed E-state index contributed by atoms with van der Waals surface area (Å²) in [7, 11) is -3.76. The summed E-state index contributed by atoms with van der Waals surface area (Å²) in [4.78, 5) is 21.3. The first-order valence-corrected chi connectivity index (χ1v) is 12.9. The third-order valence-corrected chi connectivity index (χ3v) is 8.59. The minimum Gasteiger partial charge on any atom is -0.353 e. The van der Waals surface area contributed by atoms with Gasteiger partial charge in [0.2, 0.25) is 10.0 Å². The molecule has 0 bridgehead atoms. The molecule has 0 radical (unpaired) electrons. The Morgan fingerprint density at radius 3 is 2.47 bits per heavy atom. The molecule has 4 rings (SSSR count). The Morgan fingerprint density at radius 1 is 1.06 bits per heavy atom. The number of rotatable bonds is 4. The maximum atomic E-state index is 13.2. The van der Waals surface area contributed by atoms with E-state index >= 15 is 0 Å². The smallest absolute Gasteiger partial charge is 0.254 e. The minimum atomic E-state index is -3.76. The summed E-state index contributed by atoms with van der Waals surface area (Å²) in [5.41, 5.74) is 0.330. The van der Waals surface area contributed by atoms with Crippen LogP contribution < -0.4 is 4.90 Å². The van der Waals surface area contributed by atoms with Crippen LogP contribution in [-0.4, -0.2) is 67.8 Å². The quantitative estimate of drug-likeness (QED) is 0.643. The van der Waals surface area contributed by atoms with Crippen LogP contribution in [0.1, 0.15) is 30.1 Å². The predicted octanol–water partition coefficient (Wildman–Crippen LogP) is 3.77. The van der Waals surface area contributed by atoms with Crippen LogP contribution >= 0.6 is 23.2 Å². The van der Waals surface area contributed by atoms with Crippen molar-refractivity contribution in [1.29, 1.82) is 0 Å². The van der Waals surface area contributed by atoms with E-state index in [9.17, 15) is 13.2 Å². The molecule has 32 heavy (non-hydrogen) atoms. The van der Waals surface area contributed by atoms with Crippen molar-refractivity contribution in [3.8, 4) is 0 Å². The summed E-state index contributed by atoms with van der Waals surface area (Å²) in [5.74, 6) is 0.916. The Hall–Kier alpha value is -1.87. The van der Waals surface area contributed by atoms with Crippen molar-refractivity contribution < 1.29 is 13.2 Å². The maximum Gasteiger partial charge on any atom is 0.254 e. The number of hydrogen-bond acceptors (Lipinski definition) is 5. The molecule has 1 aromatic carbocycles. The lowest BCUT2D eigenvalue weighted by molar-refractivity contribution is 0.0746. The summed E-state index contributed by atoms with van der Waals surface area (Å²) in [6.07, 6.45) is 3.44. The topological polar surface area (TPSA) is 73.8 Å². The van der Waals surface area contributed by atoms with Gasteiger partial charge in [0.25, 0.3) is 5.91 Å². The molecule has 2 aromatic rings. The third-order valence-electron chi connectivity index (χ3n) is 6.02. The molecular formula is C22H26Cl2N4O3S. The number of piperazine rings is 1. The summed E-state index contributed by atoms with van der Waals surface area (Å²) < 4.78 is 27.9. The number of halogens is 2. The highest BCUT2D eigenvalue weighted by molar-refractivity contribution is 7.89. The maximum absolute atomic E-state index is 13.2. The number of pyridine rings is 1. The van der Waals surface area contributed by atoms with Crippen molar-refractivity contribution in [2.45, 2.75) is 24.7 Å². The van der Waals surface area contributed by atoms with Crippen molar-refractivity contribution in [3.05, 3.63) is 52.1 Å². The van der Waals surface area contributed by atoms with Gasteiger partial charge < -0.3 is 9.80 Å². The van der Waals surface area contributed by atoms with Crippen molar-refractivity contribution in [1.82, 2.24) is 14.2 Å². The Morgan fingerprint density at radius 2 is 1.81 bits per heavy atom. The molecule has 3 heterocycles. The number of benzene rings is 1. The summed E-state index contributed by atoms with van der Waals surface area (Å²) in [5, 5.41) is 0.716. The van der Waals surface area contributed by atoms with Gasteiger partial charge in [-0.1, -0.05) is 30.1 Å². The van der Waals surface area contributed by atoms with Gasteiger partial charge in [0, 0.05) is 51.0 Å². The van der Waals surface area contributed by atoms with Gasteiger partial charge in [-0.2, -0.15) is 4.31 Å². The third kappa shape index (κ3) is 4.88. The van der Waals surface area contributed by atoms with Gasteiger partial charge in [-0.25, -0.2) is 13.4 Å². The zero-order valence-electron chi connectivity index (χ0n) is 17.9. The molecule has 7 nitrogen and oxygen atoms in total. The van der Waals surface area contributed by atoms with Gasteiger partial charge in [0.05, 0.1) is 10.0 Å². The molecule has 2 aliphatic rings. The lowest BCUT2D eigenvalue weighted by Crippen LogP contribution is -2.49. The molecule has 0 saturated carbocycles. The predicted molar refractivity (Wildman–Crippen MR) is 126 cm³/mol. The molecule has 0 aliphatic carbocycles. The molecule has 0 spiro atoms. The Labute approximate surface area is 199 Å². The fourth-order valence-electron chi connectivity index (χ4n) is 4.21. The Bertz CT molecular complexity index is 1090. The summed E-state index contributed by atoms with van der Waals surface area (Å²) in [6, 6.07) is 8.17. The number of nitrogens with zero attached hydrogens (tertiary/aromatic N) is 4. The Balaban J connectivity index is 1.48. The highest BCUT2D eigenvalue weighted by Crippen LogP contribution is 2.29. The van der Waals surface area contributed by atoms with Crippen molar-refractivity contribution >= 4 is 45.0 Å². The number of piperidine rings is 1. The van der Waals surface area contributed by atoms with E-state index in [1.807, 2.05) is 13.0 Å². The van der Waals surface area contributed by atoms with E-state index in [0.29, 0.717) is 55.8 Å². The number of amides is 1. The molecule has 1 aromatic heterocycles. The molecular weight excluding hydrogens is 471 g/mol. The second-order valence-corrected chi connectivity index (χ2v) is 11.1. The van der Waals surface area contributed by atoms with Crippen LogP contribution in [0.3, 0.4) is 0 Å². The van der Waals surface area contributed by atoms with Crippen molar-refractivity contribution in [2.75, 3.05) is 44.2 Å². The van der Waals surface area contributed by atoms with Crippen LogP contribution in [0, 0.1) is 5.92 Å². The van der Waals surface area contributed by atoms with Crippen LogP contribution in [0.15, 0.2) is 41.4 Å². The van der Waals surface area contributed by atoms with Crippen LogP contribution in [0.4, 0.5) is 5.82 Å². The normalized spacial score (nSPS) is 20.4. The highest BCUT2D eigenvalue weighted by atomic mass is 35.5. The molecule has 10 heteroatoms. The second kappa shape index (κ2) is 9.55. The first-order chi connectivity index (χ1) is 15.3.